The molecule has 0 aliphatic heterocycles. The Hall–Kier alpha value is -1.10. The fourth-order valence-electron chi connectivity index (χ4n) is 0.960. The van der Waals surface area contributed by atoms with Crippen LogP contribution in [-0.2, 0) is 14.3 Å². The largest absolute Gasteiger partial charge is 0.459 e. The lowest BCUT2D eigenvalue weighted by atomic mass is 10.2. The van der Waals surface area contributed by atoms with Crippen LogP contribution in [0.25, 0.3) is 0 Å². The zero-order valence-corrected chi connectivity index (χ0v) is 10.8. The second kappa shape index (κ2) is 6.48. The van der Waals surface area contributed by atoms with Crippen molar-refractivity contribution in [1.29, 1.82) is 0 Å². The Morgan fingerprint density at radius 2 is 1.81 bits per heavy atom. The molecule has 0 rings (SSSR count). The van der Waals surface area contributed by atoms with Crippen LogP contribution in [0.3, 0.4) is 0 Å². The quantitative estimate of drug-likeness (QED) is 0.694. The summed E-state index contributed by atoms with van der Waals surface area (Å²) >= 11 is 0. The van der Waals surface area contributed by atoms with Gasteiger partial charge in [-0.3, -0.25) is 14.9 Å². The summed E-state index contributed by atoms with van der Waals surface area (Å²) in [5.74, 6) is -0.384. The molecule has 94 valence electrons. The highest BCUT2D eigenvalue weighted by atomic mass is 16.6. The fourth-order valence-corrected chi connectivity index (χ4v) is 0.960. The van der Waals surface area contributed by atoms with Gasteiger partial charge < -0.3 is 9.64 Å². The number of hydrogen-bond donors (Lipinski definition) is 1. The molecule has 16 heavy (non-hydrogen) atoms. The van der Waals surface area contributed by atoms with E-state index in [2.05, 4.69) is 5.32 Å². The van der Waals surface area contributed by atoms with Crippen LogP contribution >= 0.6 is 0 Å². The Balaban J connectivity index is 3.75. The van der Waals surface area contributed by atoms with Gasteiger partial charge in [0.1, 0.15) is 5.60 Å². The summed E-state index contributed by atoms with van der Waals surface area (Å²) in [6.07, 6.45) is 0. The summed E-state index contributed by atoms with van der Waals surface area (Å²) < 4.78 is 5.08. The van der Waals surface area contributed by atoms with Crippen LogP contribution in [0.2, 0.25) is 0 Å². The molecule has 0 atom stereocenters. The number of nitrogens with zero attached hydrogens (tertiary/aromatic N) is 1. The molecule has 0 fully saturated rings. The summed E-state index contributed by atoms with van der Waals surface area (Å²) in [7, 11) is 1.72. The molecule has 0 heterocycles. The predicted octanol–water partition coefficient (Wildman–Crippen LogP) is 0.396. The smallest absolute Gasteiger partial charge is 0.320 e. The molecule has 0 radical (unpaired) electrons. The zero-order valence-electron chi connectivity index (χ0n) is 10.8. The maximum atomic E-state index is 11.4. The number of rotatable bonds is 5. The Morgan fingerprint density at radius 1 is 1.25 bits per heavy atom. The first-order valence-corrected chi connectivity index (χ1v) is 5.42. The fraction of sp³-hybridized carbons (Fsp3) is 0.818. The van der Waals surface area contributed by atoms with Gasteiger partial charge in [0.25, 0.3) is 0 Å². The summed E-state index contributed by atoms with van der Waals surface area (Å²) in [6.45, 7) is 8.19. The molecule has 0 bridgehead atoms. The van der Waals surface area contributed by atoms with Crippen molar-refractivity contribution in [2.75, 3.05) is 26.7 Å². The van der Waals surface area contributed by atoms with E-state index in [1.807, 2.05) is 6.92 Å². The molecule has 5 nitrogen and oxygen atoms in total. The molecule has 0 saturated heterocycles. The molecule has 0 saturated carbocycles. The van der Waals surface area contributed by atoms with E-state index in [0.717, 1.165) is 0 Å². The van der Waals surface area contributed by atoms with Crippen LogP contribution in [0.1, 0.15) is 27.7 Å². The van der Waals surface area contributed by atoms with Crippen molar-refractivity contribution in [3.63, 3.8) is 0 Å². The van der Waals surface area contributed by atoms with Crippen LogP contribution < -0.4 is 5.32 Å². The lowest BCUT2D eigenvalue weighted by Gasteiger charge is -2.20. The number of nitrogens with one attached hydrogen (secondary N) is 1. The normalized spacial score (nSPS) is 11.1. The minimum atomic E-state index is -0.483. The number of hydrogen-bond acceptors (Lipinski definition) is 4. The first-order valence-electron chi connectivity index (χ1n) is 5.42. The Kier molecular flexibility index (Phi) is 6.03. The molecule has 0 aliphatic carbocycles. The standard InChI is InChI=1S/C11H22N2O3/c1-6-13(5)9(14)7-12-8-10(15)16-11(2,3)4/h12H,6-8H2,1-5H3. The summed E-state index contributed by atoms with van der Waals surface area (Å²) in [5, 5.41) is 2.76. The number of ether oxygens (including phenoxy) is 1. The minimum Gasteiger partial charge on any atom is -0.459 e. The van der Waals surface area contributed by atoms with Gasteiger partial charge in [-0.15, -0.1) is 0 Å². The second-order valence-electron chi connectivity index (χ2n) is 4.60. The van der Waals surface area contributed by atoms with E-state index < -0.39 is 5.60 Å². The van der Waals surface area contributed by atoms with Gasteiger partial charge in [-0.25, -0.2) is 0 Å². The average molecular weight is 230 g/mol. The Bertz CT molecular complexity index is 246. The molecule has 0 aromatic carbocycles. The number of amides is 1. The van der Waals surface area contributed by atoms with E-state index in [1.54, 1.807) is 32.7 Å². The molecule has 1 N–H and O–H groups in total. The molecule has 1 amide bonds. The predicted molar refractivity (Wildman–Crippen MR) is 62.0 cm³/mol. The molecular formula is C11H22N2O3. The van der Waals surface area contributed by atoms with Crippen molar-refractivity contribution in [3.05, 3.63) is 0 Å². The van der Waals surface area contributed by atoms with Gasteiger partial charge in [0.2, 0.25) is 5.91 Å². The lowest BCUT2D eigenvalue weighted by Crippen LogP contribution is -2.38. The Morgan fingerprint density at radius 3 is 2.25 bits per heavy atom. The first-order chi connectivity index (χ1) is 7.26. The maximum Gasteiger partial charge on any atom is 0.320 e. The van der Waals surface area contributed by atoms with E-state index in [0.29, 0.717) is 6.54 Å². The van der Waals surface area contributed by atoms with E-state index in [-0.39, 0.29) is 25.0 Å². The third-order valence-corrected chi connectivity index (χ3v) is 1.87. The second-order valence-corrected chi connectivity index (χ2v) is 4.60. The SMILES string of the molecule is CCN(C)C(=O)CNCC(=O)OC(C)(C)C. The zero-order chi connectivity index (χ0) is 12.8. The number of carbonyl (C=O) groups excluding carboxylic acids is 2. The van der Waals surface area contributed by atoms with Gasteiger partial charge >= 0.3 is 5.97 Å². The van der Waals surface area contributed by atoms with Gasteiger partial charge in [0, 0.05) is 13.6 Å². The van der Waals surface area contributed by atoms with E-state index in [1.165, 1.54) is 0 Å². The summed E-state index contributed by atoms with van der Waals surface area (Å²) in [5.41, 5.74) is -0.483. The summed E-state index contributed by atoms with van der Waals surface area (Å²) in [6, 6.07) is 0. The molecule has 0 unspecified atom stereocenters. The lowest BCUT2D eigenvalue weighted by molar-refractivity contribution is -0.153. The van der Waals surface area contributed by atoms with Gasteiger partial charge in [-0.05, 0) is 27.7 Å². The van der Waals surface area contributed by atoms with Crippen molar-refractivity contribution in [2.24, 2.45) is 0 Å². The van der Waals surface area contributed by atoms with Crippen molar-refractivity contribution < 1.29 is 14.3 Å². The van der Waals surface area contributed by atoms with Crippen LogP contribution in [0.4, 0.5) is 0 Å². The molecule has 0 aliphatic rings. The molecular weight excluding hydrogens is 208 g/mol. The van der Waals surface area contributed by atoms with Crippen molar-refractivity contribution in [2.45, 2.75) is 33.3 Å². The third-order valence-electron chi connectivity index (χ3n) is 1.87. The van der Waals surface area contributed by atoms with Crippen molar-refractivity contribution >= 4 is 11.9 Å². The van der Waals surface area contributed by atoms with Crippen molar-refractivity contribution in [1.82, 2.24) is 10.2 Å². The number of likely N-dealkylation sites (N-methyl/N-ethyl adjacent to an activating group) is 1. The van der Waals surface area contributed by atoms with Gasteiger partial charge in [0.05, 0.1) is 13.1 Å². The maximum absolute atomic E-state index is 11.4. The van der Waals surface area contributed by atoms with Gasteiger partial charge in [0.15, 0.2) is 0 Å². The molecule has 0 spiro atoms. The Labute approximate surface area is 97.1 Å². The van der Waals surface area contributed by atoms with Crippen molar-refractivity contribution in [3.8, 4) is 0 Å². The minimum absolute atomic E-state index is 0.0361. The highest BCUT2D eigenvalue weighted by Crippen LogP contribution is 2.05. The molecule has 0 aromatic rings. The van der Waals surface area contributed by atoms with Crippen LogP contribution in [0, 0.1) is 0 Å². The van der Waals surface area contributed by atoms with E-state index in [4.69, 9.17) is 4.74 Å². The van der Waals surface area contributed by atoms with Crippen LogP contribution in [0.15, 0.2) is 0 Å². The summed E-state index contributed by atoms with van der Waals surface area (Å²) in [4.78, 5) is 24.2. The number of esters is 1. The van der Waals surface area contributed by atoms with Gasteiger partial charge in [-0.2, -0.15) is 0 Å². The number of carbonyl (C=O) groups is 2. The molecule has 5 heteroatoms. The van der Waals surface area contributed by atoms with Crippen LogP contribution in [0.5, 0.6) is 0 Å². The highest BCUT2D eigenvalue weighted by molar-refractivity contribution is 5.79. The average Bonchev–Trinajstić information content (AvgIpc) is 2.13. The monoisotopic (exact) mass is 230 g/mol. The van der Waals surface area contributed by atoms with Gasteiger partial charge in [-0.1, -0.05) is 0 Å². The van der Waals surface area contributed by atoms with Crippen LogP contribution in [-0.4, -0.2) is 49.1 Å². The first kappa shape index (κ1) is 14.9. The third kappa shape index (κ3) is 7.23. The topological polar surface area (TPSA) is 58.6 Å². The van der Waals surface area contributed by atoms with E-state index in [9.17, 15) is 9.59 Å². The highest BCUT2D eigenvalue weighted by Gasteiger charge is 2.16. The molecule has 0 aromatic heterocycles. The van der Waals surface area contributed by atoms with E-state index >= 15 is 0 Å².